The highest BCUT2D eigenvalue weighted by molar-refractivity contribution is 5.95. The van der Waals surface area contributed by atoms with Crippen LogP contribution in [0.25, 0.3) is 0 Å². The molecular formula is C19H20FN3O5. The van der Waals surface area contributed by atoms with Gasteiger partial charge in [-0.05, 0) is 24.3 Å². The molecule has 2 aromatic rings. The summed E-state index contributed by atoms with van der Waals surface area (Å²) in [5.74, 6) is 0.202. The fraction of sp³-hybridized carbons (Fsp3) is 0.316. The smallest absolute Gasteiger partial charge is 0.295 e. The zero-order chi connectivity index (χ0) is 20.3. The number of nitro benzene ring substituents is 1. The summed E-state index contributed by atoms with van der Waals surface area (Å²) in [6.45, 7) is 1.57. The van der Waals surface area contributed by atoms with E-state index in [1.807, 2.05) is 0 Å². The molecule has 0 spiro atoms. The number of nitrogens with zero attached hydrogens (tertiary/aromatic N) is 3. The van der Waals surface area contributed by atoms with Crippen molar-refractivity contribution in [3.8, 4) is 11.5 Å². The lowest BCUT2D eigenvalue weighted by Gasteiger charge is -2.35. The number of benzene rings is 2. The van der Waals surface area contributed by atoms with Crippen molar-refractivity contribution in [2.75, 3.05) is 45.3 Å². The van der Waals surface area contributed by atoms with Gasteiger partial charge >= 0.3 is 0 Å². The number of nitro groups is 1. The second kappa shape index (κ2) is 8.12. The quantitative estimate of drug-likeness (QED) is 0.577. The number of piperazine rings is 1. The van der Waals surface area contributed by atoms with E-state index in [0.29, 0.717) is 48.9 Å². The Morgan fingerprint density at radius 1 is 1.04 bits per heavy atom. The third-order valence-corrected chi connectivity index (χ3v) is 4.64. The van der Waals surface area contributed by atoms with Crippen LogP contribution in [0.2, 0.25) is 0 Å². The highest BCUT2D eigenvalue weighted by Gasteiger charge is 2.27. The molecule has 0 N–H and O–H groups in total. The molecule has 1 aliphatic rings. The van der Waals surface area contributed by atoms with Gasteiger partial charge in [-0.2, -0.15) is 0 Å². The summed E-state index contributed by atoms with van der Waals surface area (Å²) in [5.41, 5.74) is 0.510. The minimum absolute atomic E-state index is 0.176. The Kier molecular flexibility index (Phi) is 5.62. The second-order valence-corrected chi connectivity index (χ2v) is 6.27. The Hall–Kier alpha value is -3.36. The Balaban J connectivity index is 1.74. The zero-order valence-electron chi connectivity index (χ0n) is 15.6. The summed E-state index contributed by atoms with van der Waals surface area (Å²) in [6.07, 6.45) is 0. The largest absolute Gasteiger partial charge is 0.497 e. The van der Waals surface area contributed by atoms with Gasteiger partial charge in [0.15, 0.2) is 0 Å². The van der Waals surface area contributed by atoms with Gasteiger partial charge in [0.05, 0.1) is 25.2 Å². The second-order valence-electron chi connectivity index (χ2n) is 6.27. The van der Waals surface area contributed by atoms with E-state index in [1.165, 1.54) is 26.4 Å². The molecule has 148 valence electrons. The lowest BCUT2D eigenvalue weighted by atomic mass is 10.1. The Bertz CT molecular complexity index is 875. The average molecular weight is 389 g/mol. The first-order valence-corrected chi connectivity index (χ1v) is 8.64. The van der Waals surface area contributed by atoms with Gasteiger partial charge in [0, 0.05) is 37.8 Å². The van der Waals surface area contributed by atoms with E-state index in [0.717, 1.165) is 6.07 Å². The fourth-order valence-corrected chi connectivity index (χ4v) is 3.17. The number of hydrogen-bond acceptors (Lipinski definition) is 6. The van der Waals surface area contributed by atoms with Crippen LogP contribution in [0.4, 0.5) is 15.8 Å². The van der Waals surface area contributed by atoms with E-state index in [9.17, 15) is 19.3 Å². The van der Waals surface area contributed by atoms with Gasteiger partial charge in [-0.25, -0.2) is 4.39 Å². The lowest BCUT2D eigenvalue weighted by Crippen LogP contribution is -2.49. The number of amides is 1. The van der Waals surface area contributed by atoms with Crippen molar-refractivity contribution in [1.82, 2.24) is 4.90 Å². The molecule has 1 fully saturated rings. The number of carbonyl (C=O) groups excluding carboxylic acids is 1. The fourth-order valence-electron chi connectivity index (χ4n) is 3.17. The van der Waals surface area contributed by atoms with Crippen LogP contribution in [0.5, 0.6) is 11.5 Å². The van der Waals surface area contributed by atoms with Gasteiger partial charge < -0.3 is 19.3 Å². The molecule has 8 nitrogen and oxygen atoms in total. The van der Waals surface area contributed by atoms with Crippen molar-refractivity contribution in [3.05, 3.63) is 57.9 Å². The van der Waals surface area contributed by atoms with Crippen molar-refractivity contribution in [3.63, 3.8) is 0 Å². The molecule has 0 unspecified atom stereocenters. The predicted molar refractivity (Wildman–Crippen MR) is 101 cm³/mol. The number of rotatable bonds is 5. The summed E-state index contributed by atoms with van der Waals surface area (Å²) >= 11 is 0. The van der Waals surface area contributed by atoms with E-state index in [1.54, 1.807) is 28.0 Å². The van der Waals surface area contributed by atoms with Gasteiger partial charge in [0.25, 0.3) is 11.6 Å². The first-order chi connectivity index (χ1) is 13.4. The third-order valence-electron chi connectivity index (χ3n) is 4.64. The first kappa shape index (κ1) is 19.4. The highest BCUT2D eigenvalue weighted by atomic mass is 19.1. The molecule has 0 radical (unpaired) electrons. The van der Waals surface area contributed by atoms with Gasteiger partial charge in [0.2, 0.25) is 0 Å². The van der Waals surface area contributed by atoms with Crippen LogP contribution in [-0.4, -0.2) is 56.1 Å². The number of anilines is 1. The molecule has 3 rings (SSSR count). The monoisotopic (exact) mass is 389 g/mol. The normalized spacial score (nSPS) is 14.0. The zero-order valence-corrected chi connectivity index (χ0v) is 15.6. The Labute approximate surface area is 161 Å². The summed E-state index contributed by atoms with van der Waals surface area (Å²) < 4.78 is 23.8. The van der Waals surface area contributed by atoms with Crippen LogP contribution in [0, 0.1) is 15.9 Å². The molecule has 28 heavy (non-hydrogen) atoms. The minimum Gasteiger partial charge on any atom is -0.497 e. The maximum Gasteiger partial charge on any atom is 0.295 e. The maximum atomic E-state index is 13.4. The minimum atomic E-state index is -0.656. The molecule has 1 saturated heterocycles. The van der Waals surface area contributed by atoms with E-state index < -0.39 is 10.7 Å². The van der Waals surface area contributed by atoms with Crippen LogP contribution in [0.3, 0.4) is 0 Å². The molecule has 2 aromatic carbocycles. The van der Waals surface area contributed by atoms with Crippen molar-refractivity contribution in [2.45, 2.75) is 0 Å². The van der Waals surface area contributed by atoms with Crippen molar-refractivity contribution < 1.29 is 23.6 Å². The van der Waals surface area contributed by atoms with E-state index in [2.05, 4.69) is 0 Å². The van der Waals surface area contributed by atoms with Gasteiger partial charge in [-0.1, -0.05) is 0 Å². The van der Waals surface area contributed by atoms with Crippen LogP contribution in [-0.2, 0) is 0 Å². The van der Waals surface area contributed by atoms with Crippen molar-refractivity contribution in [2.24, 2.45) is 0 Å². The van der Waals surface area contributed by atoms with E-state index in [-0.39, 0.29) is 11.6 Å². The van der Waals surface area contributed by atoms with E-state index >= 15 is 0 Å². The van der Waals surface area contributed by atoms with Gasteiger partial charge in [0.1, 0.15) is 23.0 Å². The summed E-state index contributed by atoms with van der Waals surface area (Å²) in [7, 11) is 3.02. The molecule has 0 atom stereocenters. The van der Waals surface area contributed by atoms with Gasteiger partial charge in [-0.15, -0.1) is 0 Å². The molecule has 0 aliphatic carbocycles. The van der Waals surface area contributed by atoms with Crippen LogP contribution in [0.1, 0.15) is 10.4 Å². The van der Waals surface area contributed by atoms with Crippen molar-refractivity contribution >= 4 is 17.3 Å². The number of ether oxygens (including phenoxy) is 2. The SMILES string of the molecule is COc1cc(OC)cc(C(=O)N2CCN(c3ccc(F)cc3[N+](=O)[O-])CC2)c1. The van der Waals surface area contributed by atoms with Crippen LogP contribution >= 0.6 is 0 Å². The standard InChI is InChI=1S/C19H20FN3O5/c1-27-15-9-13(10-16(12-15)28-2)19(24)22-7-5-21(6-8-22)17-4-3-14(20)11-18(17)23(25)26/h3-4,9-12H,5-8H2,1-2H3. The third kappa shape index (κ3) is 3.98. The average Bonchev–Trinajstić information content (AvgIpc) is 2.72. The Morgan fingerprint density at radius 2 is 1.64 bits per heavy atom. The molecule has 9 heteroatoms. The number of hydrogen-bond donors (Lipinski definition) is 0. The molecule has 0 aromatic heterocycles. The first-order valence-electron chi connectivity index (χ1n) is 8.64. The highest BCUT2D eigenvalue weighted by Crippen LogP contribution is 2.30. The summed E-state index contributed by atoms with van der Waals surface area (Å²) in [5, 5.41) is 11.2. The van der Waals surface area contributed by atoms with Crippen LogP contribution < -0.4 is 14.4 Å². The molecule has 0 saturated carbocycles. The molecule has 1 aliphatic heterocycles. The molecular weight excluding hydrogens is 369 g/mol. The summed E-state index contributed by atoms with van der Waals surface area (Å²) in [4.78, 5) is 26.9. The van der Waals surface area contributed by atoms with E-state index in [4.69, 9.17) is 9.47 Å². The lowest BCUT2D eigenvalue weighted by molar-refractivity contribution is -0.384. The number of carbonyl (C=O) groups is 1. The molecule has 1 amide bonds. The number of halogens is 1. The molecule has 0 bridgehead atoms. The van der Waals surface area contributed by atoms with Crippen molar-refractivity contribution in [1.29, 1.82) is 0 Å². The Morgan fingerprint density at radius 3 is 2.18 bits per heavy atom. The number of methoxy groups -OCH3 is 2. The van der Waals surface area contributed by atoms with Crippen LogP contribution in [0.15, 0.2) is 36.4 Å². The predicted octanol–water partition coefficient (Wildman–Crippen LogP) is 2.71. The molecule has 1 heterocycles. The van der Waals surface area contributed by atoms with Gasteiger partial charge in [-0.3, -0.25) is 14.9 Å². The summed E-state index contributed by atoms with van der Waals surface area (Å²) in [6, 6.07) is 8.47. The topological polar surface area (TPSA) is 85.2 Å². The maximum absolute atomic E-state index is 13.4.